The van der Waals surface area contributed by atoms with Gasteiger partial charge in [-0.25, -0.2) is 0 Å². The molecule has 1 N–H and O–H groups in total. The van der Waals surface area contributed by atoms with Crippen LogP contribution in [0.4, 0.5) is 5.69 Å². The molecule has 4 aromatic rings. The lowest BCUT2D eigenvalue weighted by molar-refractivity contribution is 0.565. The first-order valence-corrected chi connectivity index (χ1v) is 11.8. The number of nitrogens with one attached hydrogen (secondary N) is 1. The van der Waals surface area contributed by atoms with Crippen molar-refractivity contribution in [2.45, 2.75) is 25.9 Å². The van der Waals surface area contributed by atoms with E-state index < -0.39 is 0 Å². The molecule has 33 heavy (non-hydrogen) atoms. The molecule has 0 bridgehead atoms. The Morgan fingerprint density at radius 1 is 0.939 bits per heavy atom. The van der Waals surface area contributed by atoms with Crippen LogP contribution in [0.15, 0.2) is 79.0 Å². The molecular formula is C26H22Cl2N4S. The van der Waals surface area contributed by atoms with E-state index in [9.17, 15) is 0 Å². The van der Waals surface area contributed by atoms with Gasteiger partial charge in [-0.05, 0) is 74.1 Å². The maximum absolute atomic E-state index is 6.61. The number of anilines is 1. The van der Waals surface area contributed by atoms with Crippen molar-refractivity contribution in [1.29, 1.82) is 0 Å². The number of aromatic nitrogens is 2. The second-order valence-electron chi connectivity index (χ2n) is 8.07. The smallest absolute Gasteiger partial charge is 0.174 e. The second kappa shape index (κ2) is 8.82. The highest BCUT2D eigenvalue weighted by molar-refractivity contribution is 7.80. The minimum absolute atomic E-state index is 0.0901. The zero-order valence-corrected chi connectivity index (χ0v) is 20.5. The van der Waals surface area contributed by atoms with Gasteiger partial charge in [-0.3, -0.25) is 4.98 Å². The van der Waals surface area contributed by atoms with Crippen LogP contribution in [-0.2, 0) is 0 Å². The Morgan fingerprint density at radius 2 is 1.70 bits per heavy atom. The van der Waals surface area contributed by atoms with Gasteiger partial charge in [0.2, 0.25) is 0 Å². The summed E-state index contributed by atoms with van der Waals surface area (Å²) in [7, 11) is 0. The molecule has 0 amide bonds. The lowest BCUT2D eigenvalue weighted by Gasteiger charge is -2.28. The summed E-state index contributed by atoms with van der Waals surface area (Å²) in [6.45, 7) is 4.19. The summed E-state index contributed by atoms with van der Waals surface area (Å²) in [5, 5.41) is 5.26. The van der Waals surface area contributed by atoms with E-state index in [1.165, 1.54) is 0 Å². The Bertz CT molecular complexity index is 1320. The van der Waals surface area contributed by atoms with Crippen molar-refractivity contribution in [2.75, 3.05) is 4.90 Å². The van der Waals surface area contributed by atoms with E-state index in [2.05, 4.69) is 51.8 Å². The molecule has 1 fully saturated rings. The molecule has 1 aliphatic heterocycles. The van der Waals surface area contributed by atoms with Crippen LogP contribution >= 0.6 is 35.4 Å². The number of aryl methyl sites for hydroxylation is 1. The van der Waals surface area contributed by atoms with Crippen molar-refractivity contribution in [3.8, 4) is 5.69 Å². The molecule has 3 heterocycles. The van der Waals surface area contributed by atoms with Crippen LogP contribution in [0.25, 0.3) is 5.69 Å². The SMILES string of the molecule is Cc1cc([C@@H]2[C@@H](c3ccccn3)NC(=S)N2c2ccccc2)c(C)n1-c1cccc(Cl)c1Cl. The summed E-state index contributed by atoms with van der Waals surface area (Å²) < 4.78 is 2.16. The maximum Gasteiger partial charge on any atom is 0.174 e. The van der Waals surface area contributed by atoms with Crippen molar-refractivity contribution in [2.24, 2.45) is 0 Å². The number of halogens is 2. The molecule has 0 unspecified atom stereocenters. The van der Waals surface area contributed by atoms with Gasteiger partial charge >= 0.3 is 0 Å². The zero-order valence-electron chi connectivity index (χ0n) is 18.2. The fourth-order valence-electron chi connectivity index (χ4n) is 4.66. The van der Waals surface area contributed by atoms with Gasteiger partial charge in [0, 0.05) is 23.3 Å². The van der Waals surface area contributed by atoms with Crippen LogP contribution in [0.1, 0.15) is 34.7 Å². The first-order valence-electron chi connectivity index (χ1n) is 10.7. The van der Waals surface area contributed by atoms with E-state index >= 15 is 0 Å². The van der Waals surface area contributed by atoms with Crippen LogP contribution in [0.3, 0.4) is 0 Å². The quantitative estimate of drug-likeness (QED) is 0.311. The van der Waals surface area contributed by atoms with Crippen molar-refractivity contribution < 1.29 is 0 Å². The predicted molar refractivity (Wildman–Crippen MR) is 140 cm³/mol. The molecule has 166 valence electrons. The lowest BCUT2D eigenvalue weighted by atomic mass is 9.96. The van der Waals surface area contributed by atoms with Crippen molar-refractivity contribution >= 4 is 46.2 Å². The molecule has 0 aliphatic carbocycles. The fourth-order valence-corrected chi connectivity index (χ4v) is 5.39. The van der Waals surface area contributed by atoms with Gasteiger partial charge in [-0.1, -0.05) is 53.5 Å². The van der Waals surface area contributed by atoms with Crippen LogP contribution in [0.5, 0.6) is 0 Å². The summed E-state index contributed by atoms with van der Waals surface area (Å²) in [5.74, 6) is 0. The first-order chi connectivity index (χ1) is 16.0. The Labute approximate surface area is 208 Å². The van der Waals surface area contributed by atoms with Crippen molar-refractivity contribution in [1.82, 2.24) is 14.9 Å². The Hall–Kier alpha value is -2.86. The summed E-state index contributed by atoms with van der Waals surface area (Å²) in [5.41, 5.74) is 6.13. The zero-order chi connectivity index (χ0) is 23.1. The van der Waals surface area contributed by atoms with Gasteiger partial charge in [-0.15, -0.1) is 0 Å². The average Bonchev–Trinajstić information content (AvgIpc) is 3.32. The molecule has 0 spiro atoms. The van der Waals surface area contributed by atoms with Crippen LogP contribution in [0, 0.1) is 13.8 Å². The summed E-state index contributed by atoms with van der Waals surface area (Å²) in [6.07, 6.45) is 1.82. The molecule has 5 rings (SSSR count). The summed E-state index contributed by atoms with van der Waals surface area (Å²) in [6, 6.07) is 23.9. The minimum atomic E-state index is -0.109. The van der Waals surface area contributed by atoms with Crippen molar-refractivity contribution in [3.63, 3.8) is 0 Å². The highest BCUT2D eigenvalue weighted by atomic mass is 35.5. The molecule has 2 aromatic carbocycles. The molecule has 1 aliphatic rings. The monoisotopic (exact) mass is 492 g/mol. The maximum atomic E-state index is 6.61. The Morgan fingerprint density at radius 3 is 2.42 bits per heavy atom. The van der Waals surface area contributed by atoms with E-state index in [4.69, 9.17) is 35.4 Å². The van der Waals surface area contributed by atoms with E-state index in [1.807, 2.05) is 54.7 Å². The Kier molecular flexibility index (Phi) is 5.87. The van der Waals surface area contributed by atoms with Gasteiger partial charge in [0.25, 0.3) is 0 Å². The van der Waals surface area contributed by atoms with E-state index in [1.54, 1.807) is 6.07 Å². The normalized spacial score (nSPS) is 17.9. The standard InChI is InChI=1S/C26H22Cl2N4S/c1-16-15-19(17(2)31(16)22-13-8-11-20(27)23(22)28)25-24(21-12-6-7-14-29-21)30-26(33)32(25)18-9-4-3-5-10-18/h3-15,24-25H,1-2H3,(H,30,33)/t24-,25-/m1/s1. The highest BCUT2D eigenvalue weighted by Crippen LogP contribution is 2.44. The minimum Gasteiger partial charge on any atom is -0.351 e. The second-order valence-corrected chi connectivity index (χ2v) is 9.24. The summed E-state index contributed by atoms with van der Waals surface area (Å²) >= 11 is 18.8. The van der Waals surface area contributed by atoms with Gasteiger partial charge < -0.3 is 14.8 Å². The topological polar surface area (TPSA) is 33.1 Å². The van der Waals surface area contributed by atoms with E-state index in [0.29, 0.717) is 15.2 Å². The Balaban J connectivity index is 1.70. The average molecular weight is 493 g/mol. The number of nitrogens with zero attached hydrogens (tertiary/aromatic N) is 3. The summed E-state index contributed by atoms with van der Waals surface area (Å²) in [4.78, 5) is 6.83. The molecule has 2 atom stereocenters. The first kappa shape index (κ1) is 22.0. The largest absolute Gasteiger partial charge is 0.351 e. The number of hydrogen-bond donors (Lipinski definition) is 1. The third kappa shape index (κ3) is 3.80. The number of benzene rings is 2. The van der Waals surface area contributed by atoms with Crippen molar-refractivity contribution in [3.05, 3.63) is 112 Å². The predicted octanol–water partition coefficient (Wildman–Crippen LogP) is 6.97. The third-order valence-electron chi connectivity index (χ3n) is 6.09. The van der Waals surface area contributed by atoms with Gasteiger partial charge in [0.15, 0.2) is 5.11 Å². The number of thiocarbonyl (C=S) groups is 1. The molecule has 2 aromatic heterocycles. The fraction of sp³-hybridized carbons (Fsp3) is 0.154. The number of pyridine rings is 1. The third-order valence-corrected chi connectivity index (χ3v) is 7.22. The molecule has 4 nitrogen and oxygen atoms in total. The van der Waals surface area contributed by atoms with Gasteiger partial charge in [0.1, 0.15) is 0 Å². The highest BCUT2D eigenvalue weighted by Gasteiger charge is 2.42. The molecule has 0 radical (unpaired) electrons. The van der Waals surface area contributed by atoms with Gasteiger partial charge in [0.05, 0.1) is 33.5 Å². The number of para-hydroxylation sites is 1. The van der Waals surface area contributed by atoms with Crippen LogP contribution < -0.4 is 10.2 Å². The number of rotatable bonds is 4. The molecular weight excluding hydrogens is 471 g/mol. The van der Waals surface area contributed by atoms with E-state index in [0.717, 1.165) is 34.0 Å². The van der Waals surface area contributed by atoms with Crippen LogP contribution in [0.2, 0.25) is 10.0 Å². The van der Waals surface area contributed by atoms with E-state index in [-0.39, 0.29) is 12.1 Å². The molecule has 0 saturated carbocycles. The number of hydrogen-bond acceptors (Lipinski definition) is 2. The molecule has 1 saturated heterocycles. The lowest BCUT2D eigenvalue weighted by Crippen LogP contribution is -2.29. The van der Waals surface area contributed by atoms with Gasteiger partial charge in [-0.2, -0.15) is 0 Å². The molecule has 7 heteroatoms. The van der Waals surface area contributed by atoms with Crippen LogP contribution in [-0.4, -0.2) is 14.7 Å².